The van der Waals surface area contributed by atoms with Crippen molar-refractivity contribution in [1.29, 1.82) is 0 Å². The van der Waals surface area contributed by atoms with Gasteiger partial charge < -0.3 is 15.0 Å². The van der Waals surface area contributed by atoms with Crippen LogP contribution in [0, 0.1) is 0 Å². The number of H-pyrrole nitrogens is 1. The Morgan fingerprint density at radius 2 is 2.17 bits per heavy atom. The summed E-state index contributed by atoms with van der Waals surface area (Å²) in [7, 11) is 0. The summed E-state index contributed by atoms with van der Waals surface area (Å²) in [6, 6.07) is 1.67. The Kier molecular flexibility index (Phi) is 4.15. The second-order valence-electron chi connectivity index (χ2n) is 4.42. The summed E-state index contributed by atoms with van der Waals surface area (Å²) < 4.78 is 4.88. The van der Waals surface area contributed by atoms with Crippen LogP contribution < -0.4 is 10.9 Å². The highest BCUT2D eigenvalue weighted by Gasteiger charge is 2.19. The van der Waals surface area contributed by atoms with Crippen LogP contribution in [0.1, 0.15) is 41.6 Å². The van der Waals surface area contributed by atoms with E-state index in [2.05, 4.69) is 10.3 Å². The first-order valence-corrected chi connectivity index (χ1v) is 6.33. The number of aromatic nitrogens is 1. The third-order valence-corrected chi connectivity index (χ3v) is 3.23. The lowest BCUT2D eigenvalue weighted by Gasteiger charge is -2.22. The van der Waals surface area contributed by atoms with E-state index in [0.29, 0.717) is 5.92 Å². The summed E-state index contributed by atoms with van der Waals surface area (Å²) >= 11 is 0. The van der Waals surface area contributed by atoms with E-state index in [1.807, 2.05) is 0 Å². The second kappa shape index (κ2) is 5.82. The molecule has 0 unspecified atom stereocenters. The van der Waals surface area contributed by atoms with E-state index in [1.165, 1.54) is 0 Å². The van der Waals surface area contributed by atoms with Crippen molar-refractivity contribution in [1.82, 2.24) is 10.3 Å². The van der Waals surface area contributed by atoms with Crippen LogP contribution in [0.3, 0.4) is 0 Å². The van der Waals surface area contributed by atoms with Gasteiger partial charge in [0.05, 0.1) is 6.61 Å². The maximum absolute atomic E-state index is 11.6. The summed E-state index contributed by atoms with van der Waals surface area (Å²) in [5.74, 6) is -0.147. The van der Waals surface area contributed by atoms with E-state index in [1.54, 1.807) is 19.2 Å². The molecule has 0 spiro atoms. The van der Waals surface area contributed by atoms with Gasteiger partial charge in [-0.3, -0.25) is 4.79 Å². The van der Waals surface area contributed by atoms with Gasteiger partial charge in [-0.25, -0.2) is 4.79 Å². The molecule has 1 fully saturated rings. The fourth-order valence-electron chi connectivity index (χ4n) is 2.25. The van der Waals surface area contributed by atoms with Crippen LogP contribution in [-0.4, -0.2) is 30.6 Å². The molecule has 2 rings (SSSR count). The van der Waals surface area contributed by atoms with Crippen LogP contribution in [0.25, 0.3) is 0 Å². The van der Waals surface area contributed by atoms with Gasteiger partial charge in [-0.2, -0.15) is 0 Å². The molecule has 1 aromatic heterocycles. The molecule has 1 aliphatic rings. The number of carbonyl (C=O) groups is 1. The molecular weight excluding hydrogens is 232 g/mol. The average molecular weight is 250 g/mol. The lowest BCUT2D eigenvalue weighted by molar-refractivity contribution is 0.0524. The van der Waals surface area contributed by atoms with Gasteiger partial charge in [-0.15, -0.1) is 0 Å². The Hall–Kier alpha value is -1.62. The van der Waals surface area contributed by atoms with Crippen molar-refractivity contribution < 1.29 is 9.53 Å². The summed E-state index contributed by atoms with van der Waals surface area (Å²) in [6.07, 6.45) is 3.75. The molecule has 98 valence electrons. The summed E-state index contributed by atoms with van der Waals surface area (Å²) in [6.45, 7) is 3.94. The van der Waals surface area contributed by atoms with Gasteiger partial charge in [0, 0.05) is 6.20 Å². The Bertz CT molecular complexity index is 475. The van der Waals surface area contributed by atoms with E-state index >= 15 is 0 Å². The van der Waals surface area contributed by atoms with Crippen LogP contribution in [0.2, 0.25) is 0 Å². The molecule has 0 atom stereocenters. The topological polar surface area (TPSA) is 71.2 Å². The molecule has 0 saturated carbocycles. The van der Waals surface area contributed by atoms with Crippen molar-refractivity contribution >= 4 is 5.97 Å². The molecule has 1 saturated heterocycles. The lowest BCUT2D eigenvalue weighted by atomic mass is 9.91. The Labute approximate surface area is 106 Å². The quantitative estimate of drug-likeness (QED) is 0.786. The predicted molar refractivity (Wildman–Crippen MR) is 67.9 cm³/mol. The summed E-state index contributed by atoms with van der Waals surface area (Å²) in [5.41, 5.74) is 0.734. The zero-order valence-electron chi connectivity index (χ0n) is 10.5. The van der Waals surface area contributed by atoms with Crippen molar-refractivity contribution in [2.24, 2.45) is 0 Å². The monoisotopic (exact) mass is 250 g/mol. The van der Waals surface area contributed by atoms with Crippen LogP contribution in [0.4, 0.5) is 0 Å². The van der Waals surface area contributed by atoms with E-state index in [9.17, 15) is 9.59 Å². The van der Waals surface area contributed by atoms with Crippen LogP contribution in [0.15, 0.2) is 17.1 Å². The van der Waals surface area contributed by atoms with E-state index in [0.717, 1.165) is 31.5 Å². The molecule has 0 radical (unpaired) electrons. The fourth-order valence-corrected chi connectivity index (χ4v) is 2.25. The van der Waals surface area contributed by atoms with Crippen molar-refractivity contribution in [3.63, 3.8) is 0 Å². The number of esters is 1. The number of rotatable bonds is 3. The smallest absolute Gasteiger partial charge is 0.343 e. The molecule has 5 nitrogen and oxygen atoms in total. The Morgan fingerprint density at radius 3 is 2.83 bits per heavy atom. The van der Waals surface area contributed by atoms with Gasteiger partial charge in [0.2, 0.25) is 0 Å². The fraction of sp³-hybridized carbons (Fsp3) is 0.538. The largest absolute Gasteiger partial charge is 0.462 e. The first kappa shape index (κ1) is 12.8. The average Bonchev–Trinajstić information content (AvgIpc) is 2.40. The Morgan fingerprint density at radius 1 is 1.44 bits per heavy atom. The van der Waals surface area contributed by atoms with Crippen LogP contribution >= 0.6 is 0 Å². The molecule has 2 heterocycles. The second-order valence-corrected chi connectivity index (χ2v) is 4.42. The molecule has 0 amide bonds. The zero-order valence-corrected chi connectivity index (χ0v) is 10.5. The third kappa shape index (κ3) is 2.79. The molecular formula is C13H18N2O3. The molecule has 1 aromatic rings. The summed E-state index contributed by atoms with van der Waals surface area (Å²) in [5, 5.41) is 3.29. The molecule has 5 heteroatoms. The zero-order chi connectivity index (χ0) is 13.0. The number of nitrogens with one attached hydrogen (secondary N) is 2. The highest BCUT2D eigenvalue weighted by Crippen LogP contribution is 2.24. The molecule has 2 N–H and O–H groups in total. The first-order valence-electron chi connectivity index (χ1n) is 6.33. The molecule has 0 aliphatic carbocycles. The number of pyridine rings is 1. The normalized spacial score (nSPS) is 16.5. The number of hydrogen-bond acceptors (Lipinski definition) is 4. The minimum absolute atomic E-state index is 0.105. The molecule has 1 aliphatic heterocycles. The third-order valence-electron chi connectivity index (χ3n) is 3.23. The van der Waals surface area contributed by atoms with E-state index in [-0.39, 0.29) is 17.7 Å². The molecule has 0 aromatic carbocycles. The van der Waals surface area contributed by atoms with Crippen molar-refractivity contribution in [2.45, 2.75) is 25.7 Å². The van der Waals surface area contributed by atoms with Gasteiger partial charge in [0.25, 0.3) is 5.56 Å². The number of piperidine rings is 1. The van der Waals surface area contributed by atoms with Crippen LogP contribution in [0.5, 0.6) is 0 Å². The van der Waals surface area contributed by atoms with Gasteiger partial charge in [0.15, 0.2) is 0 Å². The standard InChI is InChI=1S/C13H18N2O3/c1-2-18-13(17)11-7-10(8-15-12(11)16)9-3-5-14-6-4-9/h7-9,14H,2-6H2,1H3,(H,15,16). The SMILES string of the molecule is CCOC(=O)c1cc(C2CCNCC2)c[nH]c1=O. The van der Waals surface area contributed by atoms with E-state index in [4.69, 9.17) is 4.74 Å². The molecule has 0 bridgehead atoms. The minimum atomic E-state index is -0.547. The minimum Gasteiger partial charge on any atom is -0.462 e. The van der Waals surface area contributed by atoms with Gasteiger partial charge in [-0.1, -0.05) is 0 Å². The van der Waals surface area contributed by atoms with Gasteiger partial charge in [-0.05, 0) is 50.4 Å². The van der Waals surface area contributed by atoms with Crippen molar-refractivity contribution in [3.8, 4) is 0 Å². The lowest BCUT2D eigenvalue weighted by Crippen LogP contribution is -2.27. The number of aromatic amines is 1. The number of ether oxygens (including phenoxy) is 1. The predicted octanol–water partition coefficient (Wildman–Crippen LogP) is 1.02. The maximum Gasteiger partial charge on any atom is 0.343 e. The number of carbonyl (C=O) groups excluding carboxylic acids is 1. The summed E-state index contributed by atoms with van der Waals surface area (Å²) in [4.78, 5) is 25.9. The maximum atomic E-state index is 11.6. The van der Waals surface area contributed by atoms with Gasteiger partial charge >= 0.3 is 5.97 Å². The number of hydrogen-bond donors (Lipinski definition) is 2. The van der Waals surface area contributed by atoms with Gasteiger partial charge in [0.1, 0.15) is 5.56 Å². The van der Waals surface area contributed by atoms with E-state index < -0.39 is 5.97 Å². The molecule has 18 heavy (non-hydrogen) atoms. The van der Waals surface area contributed by atoms with Crippen molar-refractivity contribution in [3.05, 3.63) is 33.7 Å². The van der Waals surface area contributed by atoms with Crippen LogP contribution in [-0.2, 0) is 4.74 Å². The Balaban J connectivity index is 2.25. The first-order chi connectivity index (χ1) is 8.72. The highest BCUT2D eigenvalue weighted by atomic mass is 16.5. The highest BCUT2D eigenvalue weighted by molar-refractivity contribution is 5.89. The van der Waals surface area contributed by atoms with Crippen molar-refractivity contribution in [2.75, 3.05) is 19.7 Å².